The Labute approximate surface area is 82.3 Å². The van der Waals surface area contributed by atoms with E-state index in [1.165, 1.54) is 0 Å². The largest absolute Gasteiger partial charge is 0.477 e. The van der Waals surface area contributed by atoms with Crippen LogP contribution in [0.5, 0.6) is 0 Å². The number of rotatable bonds is 1. The molecule has 0 aliphatic carbocycles. The summed E-state index contributed by atoms with van der Waals surface area (Å²) < 4.78 is 5.52. The number of hydrogen-bond acceptors (Lipinski definition) is 3. The molecule has 0 aromatic carbocycles. The molecule has 1 unspecified atom stereocenters. The Morgan fingerprint density at radius 2 is 2.43 bits per heavy atom. The number of ether oxygens (including phenoxy) is 1. The minimum Gasteiger partial charge on any atom is -0.477 e. The highest BCUT2D eigenvalue weighted by molar-refractivity contribution is 6.43. The molecule has 4 nitrogen and oxygen atoms in total. The molecule has 0 amide bonds. The molecule has 14 heavy (non-hydrogen) atoms. The summed E-state index contributed by atoms with van der Waals surface area (Å²) in [7, 11) is 0. The van der Waals surface area contributed by atoms with E-state index in [2.05, 4.69) is 4.99 Å². The van der Waals surface area contributed by atoms with E-state index in [0.717, 1.165) is 24.0 Å². The third kappa shape index (κ3) is 1.46. The van der Waals surface area contributed by atoms with Crippen molar-refractivity contribution in [3.63, 3.8) is 0 Å². The SMILES string of the molecule is CC1OCCCC2=C1CN=C2C(=O)O. The molecule has 0 spiro atoms. The van der Waals surface area contributed by atoms with Gasteiger partial charge in [0.1, 0.15) is 5.71 Å². The fraction of sp³-hybridized carbons (Fsp3) is 0.600. The molecule has 1 atom stereocenters. The Hall–Kier alpha value is -1.16. The van der Waals surface area contributed by atoms with Crippen LogP contribution in [-0.4, -0.2) is 36.0 Å². The van der Waals surface area contributed by atoms with Crippen molar-refractivity contribution in [3.8, 4) is 0 Å². The van der Waals surface area contributed by atoms with Gasteiger partial charge in [-0.05, 0) is 30.9 Å². The summed E-state index contributed by atoms with van der Waals surface area (Å²) in [6.45, 7) is 3.17. The molecule has 0 bridgehead atoms. The van der Waals surface area contributed by atoms with Gasteiger partial charge < -0.3 is 9.84 Å². The average molecular weight is 195 g/mol. The third-order valence-electron chi connectivity index (χ3n) is 2.71. The van der Waals surface area contributed by atoms with Crippen molar-refractivity contribution in [1.29, 1.82) is 0 Å². The van der Waals surface area contributed by atoms with Crippen molar-refractivity contribution in [2.75, 3.05) is 13.2 Å². The van der Waals surface area contributed by atoms with Gasteiger partial charge in [-0.3, -0.25) is 4.99 Å². The lowest BCUT2D eigenvalue weighted by Crippen LogP contribution is -2.15. The second-order valence-electron chi connectivity index (χ2n) is 3.59. The van der Waals surface area contributed by atoms with Crippen LogP contribution in [0.15, 0.2) is 16.1 Å². The molecule has 0 saturated carbocycles. The minimum absolute atomic E-state index is 0.0214. The number of carbonyl (C=O) groups is 1. The maximum absolute atomic E-state index is 10.9. The molecule has 0 aromatic heterocycles. The Morgan fingerprint density at radius 3 is 3.14 bits per heavy atom. The first-order valence-corrected chi connectivity index (χ1v) is 4.82. The predicted molar refractivity (Wildman–Crippen MR) is 51.6 cm³/mol. The average Bonchev–Trinajstić information content (AvgIpc) is 2.48. The van der Waals surface area contributed by atoms with Crippen molar-refractivity contribution in [2.24, 2.45) is 4.99 Å². The van der Waals surface area contributed by atoms with E-state index in [1.807, 2.05) is 6.92 Å². The van der Waals surface area contributed by atoms with Crippen LogP contribution in [-0.2, 0) is 9.53 Å². The first-order valence-electron chi connectivity index (χ1n) is 4.82. The lowest BCUT2D eigenvalue weighted by atomic mass is 9.99. The van der Waals surface area contributed by atoms with E-state index in [-0.39, 0.29) is 11.8 Å². The fourth-order valence-corrected chi connectivity index (χ4v) is 1.97. The molecular formula is C10H13NO3. The smallest absolute Gasteiger partial charge is 0.354 e. The predicted octanol–water partition coefficient (Wildman–Crippen LogP) is 1.02. The number of aliphatic carboxylic acids is 1. The quantitative estimate of drug-likeness (QED) is 0.679. The second kappa shape index (κ2) is 3.53. The van der Waals surface area contributed by atoms with E-state index < -0.39 is 5.97 Å². The van der Waals surface area contributed by atoms with Crippen molar-refractivity contribution < 1.29 is 14.6 Å². The Bertz CT molecular complexity index is 330. The number of carboxylic acids is 1. The van der Waals surface area contributed by atoms with Crippen LogP contribution in [0.2, 0.25) is 0 Å². The van der Waals surface area contributed by atoms with Gasteiger partial charge >= 0.3 is 5.97 Å². The first-order chi connectivity index (χ1) is 6.70. The fourth-order valence-electron chi connectivity index (χ4n) is 1.97. The highest BCUT2D eigenvalue weighted by Crippen LogP contribution is 2.27. The highest BCUT2D eigenvalue weighted by Gasteiger charge is 2.29. The maximum Gasteiger partial charge on any atom is 0.354 e. The van der Waals surface area contributed by atoms with E-state index in [4.69, 9.17) is 9.84 Å². The number of nitrogens with zero attached hydrogens (tertiary/aromatic N) is 1. The Kier molecular flexibility index (Phi) is 2.37. The molecule has 0 radical (unpaired) electrons. The van der Waals surface area contributed by atoms with Crippen molar-refractivity contribution in [2.45, 2.75) is 25.9 Å². The molecule has 1 N–H and O–H groups in total. The number of carboxylic acid groups (broad SMARTS) is 1. The van der Waals surface area contributed by atoms with Crippen LogP contribution < -0.4 is 0 Å². The Morgan fingerprint density at radius 1 is 1.64 bits per heavy atom. The lowest BCUT2D eigenvalue weighted by Gasteiger charge is -2.11. The lowest BCUT2D eigenvalue weighted by molar-refractivity contribution is -0.129. The van der Waals surface area contributed by atoms with E-state index in [1.54, 1.807) is 0 Å². The molecule has 0 saturated heterocycles. The summed E-state index contributed by atoms with van der Waals surface area (Å²) >= 11 is 0. The van der Waals surface area contributed by atoms with Gasteiger partial charge in [0.2, 0.25) is 0 Å². The summed E-state index contributed by atoms with van der Waals surface area (Å²) in [6.07, 6.45) is 1.69. The van der Waals surface area contributed by atoms with Crippen LogP contribution in [0.1, 0.15) is 19.8 Å². The van der Waals surface area contributed by atoms with E-state index in [9.17, 15) is 4.79 Å². The van der Waals surface area contributed by atoms with Crippen molar-refractivity contribution >= 4 is 11.7 Å². The van der Waals surface area contributed by atoms with Crippen molar-refractivity contribution in [3.05, 3.63) is 11.1 Å². The van der Waals surface area contributed by atoms with Gasteiger partial charge in [-0.25, -0.2) is 4.79 Å². The third-order valence-corrected chi connectivity index (χ3v) is 2.71. The zero-order chi connectivity index (χ0) is 10.1. The maximum atomic E-state index is 10.9. The summed E-state index contributed by atoms with van der Waals surface area (Å²) in [4.78, 5) is 14.9. The van der Waals surface area contributed by atoms with Gasteiger partial charge in [0, 0.05) is 6.61 Å². The molecule has 2 aliphatic heterocycles. The van der Waals surface area contributed by atoms with Gasteiger partial charge in [-0.2, -0.15) is 0 Å². The van der Waals surface area contributed by atoms with Crippen LogP contribution in [0, 0.1) is 0 Å². The summed E-state index contributed by atoms with van der Waals surface area (Å²) in [6, 6.07) is 0. The van der Waals surface area contributed by atoms with Gasteiger partial charge in [-0.15, -0.1) is 0 Å². The van der Waals surface area contributed by atoms with Gasteiger partial charge in [0.05, 0.1) is 12.6 Å². The summed E-state index contributed by atoms with van der Waals surface area (Å²) in [5, 5.41) is 8.92. The standard InChI is InChI=1S/C10H13NO3/c1-6-8-5-11-9(10(12)13)7(8)3-2-4-14-6/h6H,2-5H2,1H3,(H,12,13). The van der Waals surface area contributed by atoms with Gasteiger partial charge in [-0.1, -0.05) is 0 Å². The molecular weight excluding hydrogens is 182 g/mol. The second-order valence-corrected chi connectivity index (χ2v) is 3.59. The number of hydrogen-bond donors (Lipinski definition) is 1. The first kappa shape index (κ1) is 9.40. The van der Waals surface area contributed by atoms with Crippen LogP contribution in [0.25, 0.3) is 0 Å². The highest BCUT2D eigenvalue weighted by atomic mass is 16.5. The molecule has 0 fully saturated rings. The zero-order valence-electron chi connectivity index (χ0n) is 8.12. The van der Waals surface area contributed by atoms with Crippen LogP contribution in [0.4, 0.5) is 0 Å². The van der Waals surface area contributed by atoms with E-state index in [0.29, 0.717) is 13.2 Å². The van der Waals surface area contributed by atoms with Crippen LogP contribution in [0.3, 0.4) is 0 Å². The van der Waals surface area contributed by atoms with E-state index >= 15 is 0 Å². The summed E-state index contributed by atoms with van der Waals surface area (Å²) in [5.41, 5.74) is 2.21. The topological polar surface area (TPSA) is 58.9 Å². The molecule has 4 heteroatoms. The molecule has 76 valence electrons. The van der Waals surface area contributed by atoms with Crippen molar-refractivity contribution in [1.82, 2.24) is 0 Å². The zero-order valence-corrected chi connectivity index (χ0v) is 8.12. The Balaban J connectivity index is 2.31. The van der Waals surface area contributed by atoms with Gasteiger partial charge in [0.25, 0.3) is 0 Å². The monoisotopic (exact) mass is 195 g/mol. The molecule has 0 aromatic rings. The number of aliphatic imine (C=N–C) groups is 1. The molecule has 2 heterocycles. The molecule has 2 rings (SSSR count). The molecule has 2 aliphatic rings. The van der Waals surface area contributed by atoms with Crippen LogP contribution >= 0.6 is 0 Å². The normalized spacial score (nSPS) is 26.9. The summed E-state index contributed by atoms with van der Waals surface area (Å²) in [5.74, 6) is -0.913. The minimum atomic E-state index is -0.913. The van der Waals surface area contributed by atoms with Gasteiger partial charge in [0.15, 0.2) is 0 Å².